The Bertz CT molecular complexity index is 551. The molecule has 1 atom stereocenters. The van der Waals surface area contributed by atoms with Crippen LogP contribution in [-0.4, -0.2) is 30.3 Å². The molecule has 1 unspecified atom stereocenters. The average molecular weight is 287 g/mol. The number of ether oxygens (including phenoxy) is 1. The van der Waals surface area contributed by atoms with Gasteiger partial charge in [-0.3, -0.25) is 4.79 Å². The summed E-state index contributed by atoms with van der Waals surface area (Å²) in [5.41, 5.74) is 2.62. The fourth-order valence-corrected chi connectivity index (χ4v) is 2.27. The molecule has 0 aliphatic carbocycles. The molecular formula is C17H21NO3. The molecule has 1 heterocycles. The number of aliphatic hydroxyl groups excluding tert-OH is 1. The first-order valence-corrected chi connectivity index (χ1v) is 7.31. The summed E-state index contributed by atoms with van der Waals surface area (Å²) in [4.78, 5) is 12.0. The van der Waals surface area contributed by atoms with Gasteiger partial charge in [0.1, 0.15) is 0 Å². The van der Waals surface area contributed by atoms with Crippen LogP contribution < -0.4 is 5.32 Å². The van der Waals surface area contributed by atoms with Crippen LogP contribution in [0.3, 0.4) is 0 Å². The van der Waals surface area contributed by atoms with Crippen LogP contribution in [0.5, 0.6) is 0 Å². The van der Waals surface area contributed by atoms with Gasteiger partial charge in [0.25, 0.3) is 0 Å². The predicted octanol–water partition coefficient (Wildman–Crippen LogP) is 2.24. The molecule has 4 heteroatoms. The van der Waals surface area contributed by atoms with E-state index in [1.807, 2.05) is 25.1 Å². The molecule has 1 aliphatic rings. The van der Waals surface area contributed by atoms with Crippen molar-refractivity contribution < 1.29 is 14.6 Å². The quantitative estimate of drug-likeness (QED) is 0.835. The second-order valence-corrected chi connectivity index (χ2v) is 5.19. The summed E-state index contributed by atoms with van der Waals surface area (Å²) < 4.78 is 5.47. The molecule has 4 nitrogen and oxygen atoms in total. The molecule has 1 aromatic carbocycles. The Morgan fingerprint density at radius 2 is 2.38 bits per heavy atom. The van der Waals surface area contributed by atoms with Crippen LogP contribution in [0, 0.1) is 18.8 Å². The van der Waals surface area contributed by atoms with Gasteiger partial charge in [0.15, 0.2) is 0 Å². The lowest BCUT2D eigenvalue weighted by molar-refractivity contribution is -0.118. The minimum absolute atomic E-state index is 0.0227. The number of carbonyl (C=O) groups excluding carboxylic acids is 1. The fraction of sp³-hybridized carbons (Fsp3) is 0.471. The van der Waals surface area contributed by atoms with Gasteiger partial charge in [-0.15, -0.1) is 0 Å². The third-order valence-electron chi connectivity index (χ3n) is 3.42. The molecular weight excluding hydrogens is 266 g/mol. The number of hydrogen-bond acceptors (Lipinski definition) is 3. The molecule has 0 bridgehead atoms. The highest BCUT2D eigenvalue weighted by Gasteiger charge is 2.19. The van der Waals surface area contributed by atoms with E-state index in [9.17, 15) is 4.79 Å². The van der Waals surface area contributed by atoms with Crippen molar-refractivity contribution in [1.82, 2.24) is 0 Å². The maximum absolute atomic E-state index is 12.0. The van der Waals surface area contributed by atoms with Crippen molar-refractivity contribution in [3.8, 4) is 11.8 Å². The van der Waals surface area contributed by atoms with Crippen LogP contribution >= 0.6 is 0 Å². The Labute approximate surface area is 125 Å². The summed E-state index contributed by atoms with van der Waals surface area (Å²) in [5, 5.41) is 11.7. The van der Waals surface area contributed by atoms with Crippen LogP contribution in [0.1, 0.15) is 36.8 Å². The van der Waals surface area contributed by atoms with Crippen molar-refractivity contribution in [2.24, 2.45) is 0 Å². The lowest BCUT2D eigenvalue weighted by Crippen LogP contribution is -2.19. The zero-order valence-electron chi connectivity index (χ0n) is 12.3. The number of benzene rings is 1. The van der Waals surface area contributed by atoms with E-state index in [0.717, 1.165) is 36.3 Å². The molecule has 112 valence electrons. The van der Waals surface area contributed by atoms with Crippen LogP contribution in [0.15, 0.2) is 18.2 Å². The molecule has 0 radical (unpaired) electrons. The summed E-state index contributed by atoms with van der Waals surface area (Å²) >= 11 is 0. The van der Waals surface area contributed by atoms with Gasteiger partial charge in [-0.25, -0.2) is 0 Å². The highest BCUT2D eigenvalue weighted by atomic mass is 16.5. The number of anilines is 1. The van der Waals surface area contributed by atoms with E-state index in [-0.39, 0.29) is 18.6 Å². The first kappa shape index (κ1) is 15.6. The number of aliphatic hydroxyl groups is 1. The molecule has 1 fully saturated rings. The van der Waals surface area contributed by atoms with E-state index in [2.05, 4.69) is 17.2 Å². The van der Waals surface area contributed by atoms with Gasteiger partial charge in [0.05, 0.1) is 19.1 Å². The Kier molecular flexibility index (Phi) is 5.79. The monoisotopic (exact) mass is 287 g/mol. The lowest BCUT2D eigenvalue weighted by Gasteiger charge is -2.12. The molecule has 21 heavy (non-hydrogen) atoms. The maximum Gasteiger partial charge on any atom is 0.226 e. The van der Waals surface area contributed by atoms with E-state index < -0.39 is 0 Å². The second-order valence-electron chi connectivity index (χ2n) is 5.19. The molecule has 1 aliphatic heterocycles. The molecule has 1 aromatic rings. The van der Waals surface area contributed by atoms with E-state index in [0.29, 0.717) is 12.8 Å². The minimum atomic E-state index is -0.0227. The minimum Gasteiger partial charge on any atom is -0.395 e. The zero-order chi connectivity index (χ0) is 15.1. The normalized spacial score (nSPS) is 17.1. The van der Waals surface area contributed by atoms with E-state index in [1.165, 1.54) is 0 Å². The fourth-order valence-electron chi connectivity index (χ4n) is 2.27. The van der Waals surface area contributed by atoms with Crippen molar-refractivity contribution in [3.63, 3.8) is 0 Å². The van der Waals surface area contributed by atoms with Crippen LogP contribution in [-0.2, 0) is 9.53 Å². The number of aryl methyl sites for hydroxylation is 1. The Hall–Kier alpha value is -1.83. The van der Waals surface area contributed by atoms with E-state index in [1.54, 1.807) is 0 Å². The topological polar surface area (TPSA) is 58.6 Å². The molecule has 0 aromatic heterocycles. The van der Waals surface area contributed by atoms with Crippen LogP contribution in [0.2, 0.25) is 0 Å². The molecule has 0 spiro atoms. The molecule has 1 amide bonds. The third-order valence-corrected chi connectivity index (χ3v) is 3.42. The van der Waals surface area contributed by atoms with Crippen LogP contribution in [0.25, 0.3) is 0 Å². The van der Waals surface area contributed by atoms with Crippen molar-refractivity contribution in [3.05, 3.63) is 29.3 Å². The van der Waals surface area contributed by atoms with Gasteiger partial charge in [-0.05, 0) is 37.5 Å². The predicted molar refractivity (Wildman–Crippen MR) is 82.0 cm³/mol. The first-order chi connectivity index (χ1) is 10.2. The van der Waals surface area contributed by atoms with Gasteiger partial charge < -0.3 is 15.2 Å². The summed E-state index contributed by atoms with van der Waals surface area (Å²) in [6.07, 6.45) is 2.90. The first-order valence-electron chi connectivity index (χ1n) is 7.31. The van der Waals surface area contributed by atoms with Crippen molar-refractivity contribution in [2.75, 3.05) is 18.5 Å². The summed E-state index contributed by atoms with van der Waals surface area (Å²) in [6.45, 7) is 2.77. The van der Waals surface area contributed by atoms with Gasteiger partial charge in [-0.2, -0.15) is 0 Å². The van der Waals surface area contributed by atoms with E-state index >= 15 is 0 Å². The average Bonchev–Trinajstić information content (AvgIpc) is 2.95. The number of carbonyl (C=O) groups is 1. The molecule has 2 rings (SSSR count). The summed E-state index contributed by atoms with van der Waals surface area (Å²) in [5.74, 6) is 5.83. The summed E-state index contributed by atoms with van der Waals surface area (Å²) in [7, 11) is 0. The van der Waals surface area contributed by atoms with Crippen LogP contribution in [0.4, 0.5) is 5.69 Å². The standard InChI is InChI=1S/C17H21NO3/c1-13-7-8-14(5-2-3-9-19)11-16(13)18-17(20)12-15-6-4-10-21-15/h7-8,11,15,19H,3-4,6,9-10,12H2,1H3,(H,18,20). The van der Waals surface area contributed by atoms with Gasteiger partial charge >= 0.3 is 0 Å². The number of nitrogens with one attached hydrogen (secondary N) is 1. The summed E-state index contributed by atoms with van der Waals surface area (Å²) in [6, 6.07) is 5.72. The number of amides is 1. The molecule has 1 saturated heterocycles. The van der Waals surface area contributed by atoms with Gasteiger partial charge in [-0.1, -0.05) is 17.9 Å². The van der Waals surface area contributed by atoms with E-state index in [4.69, 9.17) is 9.84 Å². The number of rotatable bonds is 4. The largest absolute Gasteiger partial charge is 0.395 e. The van der Waals surface area contributed by atoms with Crippen molar-refractivity contribution in [2.45, 2.75) is 38.7 Å². The Morgan fingerprint density at radius 3 is 3.10 bits per heavy atom. The molecule has 2 N–H and O–H groups in total. The smallest absolute Gasteiger partial charge is 0.226 e. The number of hydrogen-bond donors (Lipinski definition) is 2. The third kappa shape index (κ3) is 4.89. The second kappa shape index (κ2) is 7.82. The van der Waals surface area contributed by atoms with Gasteiger partial charge in [0, 0.05) is 24.3 Å². The highest BCUT2D eigenvalue weighted by molar-refractivity contribution is 5.92. The molecule has 0 saturated carbocycles. The highest BCUT2D eigenvalue weighted by Crippen LogP contribution is 2.19. The lowest BCUT2D eigenvalue weighted by atomic mass is 10.1. The zero-order valence-corrected chi connectivity index (χ0v) is 12.3. The SMILES string of the molecule is Cc1ccc(C#CCCO)cc1NC(=O)CC1CCCO1. The van der Waals surface area contributed by atoms with Crippen molar-refractivity contribution >= 4 is 11.6 Å². The maximum atomic E-state index is 12.0. The van der Waals surface area contributed by atoms with Crippen molar-refractivity contribution in [1.29, 1.82) is 0 Å². The Morgan fingerprint density at radius 1 is 1.52 bits per heavy atom. The Balaban J connectivity index is 1.99. The van der Waals surface area contributed by atoms with Gasteiger partial charge in [0.2, 0.25) is 5.91 Å².